The molecule has 7 heteroatoms. The first-order chi connectivity index (χ1) is 7.49. The zero-order chi connectivity index (χ0) is 12.0. The molecule has 0 radical (unpaired) electrons. The summed E-state index contributed by atoms with van der Waals surface area (Å²) >= 11 is 1.84. The Hall–Kier alpha value is -0.270. The van der Waals surface area contributed by atoms with Gasteiger partial charge >= 0.3 is 5.97 Å². The van der Waals surface area contributed by atoms with Crippen LogP contribution in [0.4, 0.5) is 0 Å². The summed E-state index contributed by atoms with van der Waals surface area (Å²) in [5.74, 6) is 1.49. The van der Waals surface area contributed by atoms with Crippen molar-refractivity contribution in [1.29, 1.82) is 0 Å². The van der Waals surface area contributed by atoms with E-state index in [1.807, 2.05) is 11.8 Å². The highest BCUT2D eigenvalue weighted by Gasteiger charge is 2.18. The maximum absolute atomic E-state index is 11.5. The third-order valence-corrected chi connectivity index (χ3v) is 5.08. The van der Waals surface area contributed by atoms with E-state index in [1.54, 1.807) is 0 Å². The van der Waals surface area contributed by atoms with Gasteiger partial charge < -0.3 is 5.11 Å². The SMILES string of the molecule is O=C(O)CCCS(=O)(=O)NCC1CCSC1. The molecule has 1 aliphatic heterocycles. The fourth-order valence-electron chi connectivity index (χ4n) is 1.47. The van der Waals surface area contributed by atoms with Gasteiger partial charge in [0.15, 0.2) is 0 Å². The number of carboxylic acid groups (broad SMARTS) is 1. The molecule has 0 amide bonds. The zero-order valence-corrected chi connectivity index (χ0v) is 10.6. The molecule has 0 spiro atoms. The van der Waals surface area contributed by atoms with Gasteiger partial charge in [0.2, 0.25) is 10.0 Å². The van der Waals surface area contributed by atoms with Crippen LogP contribution in [-0.2, 0) is 14.8 Å². The van der Waals surface area contributed by atoms with Gasteiger partial charge in [-0.15, -0.1) is 0 Å². The van der Waals surface area contributed by atoms with E-state index in [2.05, 4.69) is 4.72 Å². The molecule has 0 aromatic heterocycles. The minimum Gasteiger partial charge on any atom is -0.481 e. The summed E-state index contributed by atoms with van der Waals surface area (Å²) in [6.45, 7) is 0.488. The number of sulfonamides is 1. The number of rotatable bonds is 7. The Balaban J connectivity index is 2.20. The lowest BCUT2D eigenvalue weighted by molar-refractivity contribution is -0.137. The second-order valence-corrected chi connectivity index (χ2v) is 6.97. The highest BCUT2D eigenvalue weighted by Crippen LogP contribution is 2.22. The predicted octanol–water partition coefficient (Wildman–Crippen LogP) is 0.524. The zero-order valence-electron chi connectivity index (χ0n) is 9.02. The van der Waals surface area contributed by atoms with Crippen molar-refractivity contribution >= 4 is 27.8 Å². The van der Waals surface area contributed by atoms with Crippen molar-refractivity contribution in [2.24, 2.45) is 5.92 Å². The summed E-state index contributed by atoms with van der Waals surface area (Å²) in [7, 11) is -3.29. The van der Waals surface area contributed by atoms with Gasteiger partial charge in [-0.3, -0.25) is 4.79 Å². The molecular weight excluding hydrogens is 250 g/mol. The average molecular weight is 267 g/mol. The van der Waals surface area contributed by atoms with Crippen LogP contribution in [0.1, 0.15) is 19.3 Å². The summed E-state index contributed by atoms with van der Waals surface area (Å²) in [6.07, 6.45) is 1.13. The quantitative estimate of drug-likeness (QED) is 0.703. The third kappa shape index (κ3) is 5.72. The van der Waals surface area contributed by atoms with Crippen LogP contribution < -0.4 is 4.72 Å². The second kappa shape index (κ2) is 6.46. The molecule has 16 heavy (non-hydrogen) atoms. The molecule has 1 fully saturated rings. The minimum absolute atomic E-state index is 0.0970. The first-order valence-electron chi connectivity index (χ1n) is 5.26. The number of thioether (sulfide) groups is 1. The molecule has 1 aliphatic rings. The number of carboxylic acids is 1. The molecule has 2 N–H and O–H groups in total. The average Bonchev–Trinajstić information content (AvgIpc) is 2.66. The number of aliphatic carboxylic acids is 1. The number of hydrogen-bond acceptors (Lipinski definition) is 4. The van der Waals surface area contributed by atoms with E-state index in [1.165, 1.54) is 0 Å². The highest BCUT2D eigenvalue weighted by molar-refractivity contribution is 7.99. The van der Waals surface area contributed by atoms with Gasteiger partial charge in [-0.25, -0.2) is 13.1 Å². The van der Waals surface area contributed by atoms with Crippen molar-refractivity contribution in [3.8, 4) is 0 Å². The Kier molecular flexibility index (Phi) is 5.57. The van der Waals surface area contributed by atoms with Gasteiger partial charge in [0, 0.05) is 13.0 Å². The first kappa shape index (κ1) is 13.8. The van der Waals surface area contributed by atoms with E-state index in [0.717, 1.165) is 17.9 Å². The summed E-state index contributed by atoms with van der Waals surface area (Å²) in [6, 6.07) is 0. The standard InChI is InChI=1S/C9H17NO4S2/c11-9(12)2-1-5-16(13,14)10-6-8-3-4-15-7-8/h8,10H,1-7H2,(H,11,12). The molecule has 0 aliphatic carbocycles. The lowest BCUT2D eigenvalue weighted by Crippen LogP contribution is -2.31. The molecule has 5 nitrogen and oxygen atoms in total. The summed E-state index contributed by atoms with van der Waals surface area (Å²) in [5, 5.41) is 8.39. The van der Waals surface area contributed by atoms with Crippen LogP contribution >= 0.6 is 11.8 Å². The van der Waals surface area contributed by atoms with Crippen molar-refractivity contribution in [1.82, 2.24) is 4.72 Å². The molecule has 0 aromatic carbocycles. The lowest BCUT2D eigenvalue weighted by atomic mass is 10.1. The van der Waals surface area contributed by atoms with Gasteiger partial charge in [0.25, 0.3) is 0 Å². The smallest absolute Gasteiger partial charge is 0.303 e. The molecule has 1 saturated heterocycles. The molecule has 94 valence electrons. The van der Waals surface area contributed by atoms with E-state index in [4.69, 9.17) is 5.11 Å². The van der Waals surface area contributed by atoms with Crippen molar-refractivity contribution in [3.63, 3.8) is 0 Å². The Morgan fingerprint density at radius 2 is 2.25 bits per heavy atom. The first-order valence-corrected chi connectivity index (χ1v) is 8.07. The van der Waals surface area contributed by atoms with E-state index >= 15 is 0 Å². The van der Waals surface area contributed by atoms with Gasteiger partial charge in [-0.1, -0.05) is 0 Å². The second-order valence-electron chi connectivity index (χ2n) is 3.89. The lowest BCUT2D eigenvalue weighted by Gasteiger charge is -2.10. The number of carbonyl (C=O) groups is 1. The van der Waals surface area contributed by atoms with E-state index in [0.29, 0.717) is 12.5 Å². The largest absolute Gasteiger partial charge is 0.481 e. The van der Waals surface area contributed by atoms with Crippen molar-refractivity contribution < 1.29 is 18.3 Å². The van der Waals surface area contributed by atoms with Crippen LogP contribution in [0.15, 0.2) is 0 Å². The summed E-state index contributed by atoms with van der Waals surface area (Å²) in [5.41, 5.74) is 0. The summed E-state index contributed by atoms with van der Waals surface area (Å²) in [4.78, 5) is 10.2. The molecular formula is C9H17NO4S2. The highest BCUT2D eigenvalue weighted by atomic mass is 32.2. The molecule has 1 atom stereocenters. The molecule has 0 aromatic rings. The van der Waals surface area contributed by atoms with Crippen LogP contribution in [0.25, 0.3) is 0 Å². The van der Waals surface area contributed by atoms with Crippen molar-refractivity contribution in [2.45, 2.75) is 19.3 Å². The van der Waals surface area contributed by atoms with E-state index < -0.39 is 16.0 Å². The normalized spacial score (nSPS) is 21.1. The van der Waals surface area contributed by atoms with Gasteiger partial charge in [0.05, 0.1) is 5.75 Å². The van der Waals surface area contributed by atoms with Gasteiger partial charge in [-0.05, 0) is 30.3 Å². The fourth-order valence-corrected chi connectivity index (χ4v) is 3.92. The Bertz CT molecular complexity index is 322. The van der Waals surface area contributed by atoms with Crippen molar-refractivity contribution in [3.05, 3.63) is 0 Å². The molecule has 1 unspecified atom stereocenters. The van der Waals surface area contributed by atoms with Crippen LogP contribution in [0.5, 0.6) is 0 Å². The van der Waals surface area contributed by atoms with Gasteiger partial charge in [-0.2, -0.15) is 11.8 Å². The predicted molar refractivity (Wildman–Crippen MR) is 64.1 cm³/mol. The van der Waals surface area contributed by atoms with E-state index in [-0.39, 0.29) is 18.6 Å². The third-order valence-electron chi connectivity index (χ3n) is 2.42. The Morgan fingerprint density at radius 1 is 1.50 bits per heavy atom. The maximum atomic E-state index is 11.5. The van der Waals surface area contributed by atoms with Crippen LogP contribution in [0.2, 0.25) is 0 Å². The van der Waals surface area contributed by atoms with Gasteiger partial charge in [0.1, 0.15) is 0 Å². The Labute approximate surface area is 100 Å². The molecule has 1 rings (SSSR count). The van der Waals surface area contributed by atoms with Crippen LogP contribution in [-0.4, -0.2) is 43.3 Å². The van der Waals surface area contributed by atoms with Crippen molar-refractivity contribution in [2.75, 3.05) is 23.8 Å². The Morgan fingerprint density at radius 3 is 2.81 bits per heavy atom. The number of hydrogen-bond donors (Lipinski definition) is 2. The van der Waals surface area contributed by atoms with E-state index in [9.17, 15) is 13.2 Å². The molecule has 0 saturated carbocycles. The minimum atomic E-state index is -3.29. The molecule has 0 bridgehead atoms. The topological polar surface area (TPSA) is 83.5 Å². The summed E-state index contributed by atoms with van der Waals surface area (Å²) < 4.78 is 25.5. The van der Waals surface area contributed by atoms with Crippen LogP contribution in [0.3, 0.4) is 0 Å². The fraction of sp³-hybridized carbons (Fsp3) is 0.889. The monoisotopic (exact) mass is 267 g/mol. The maximum Gasteiger partial charge on any atom is 0.303 e. The van der Waals surface area contributed by atoms with Crippen LogP contribution in [0, 0.1) is 5.92 Å². The molecule has 1 heterocycles. The number of nitrogens with one attached hydrogen (secondary N) is 1.